The van der Waals surface area contributed by atoms with Gasteiger partial charge < -0.3 is 5.32 Å². The number of carbonyl (C=O) groups excluding carboxylic acids is 1. The van der Waals surface area contributed by atoms with E-state index in [4.69, 9.17) is 0 Å². The van der Waals surface area contributed by atoms with Crippen LogP contribution < -0.4 is 5.32 Å². The Morgan fingerprint density at radius 3 is 2.72 bits per heavy atom. The monoisotopic (exact) mass is 243 g/mol. The zero-order valence-corrected chi connectivity index (χ0v) is 10.9. The summed E-state index contributed by atoms with van der Waals surface area (Å²) in [5.74, 6) is -0.158. The number of hydrogen-bond donors (Lipinski definition) is 1. The Hall–Kier alpha value is -2.10. The van der Waals surface area contributed by atoms with Crippen LogP contribution in [-0.4, -0.2) is 15.7 Å². The van der Waals surface area contributed by atoms with Gasteiger partial charge in [-0.3, -0.25) is 9.48 Å². The normalized spacial score (nSPS) is 10.4. The zero-order chi connectivity index (χ0) is 13.1. The maximum atomic E-state index is 12.1. The quantitative estimate of drug-likeness (QED) is 0.900. The summed E-state index contributed by atoms with van der Waals surface area (Å²) in [5.41, 5.74) is 3.34. The first kappa shape index (κ1) is 12.4. The molecule has 18 heavy (non-hydrogen) atoms. The van der Waals surface area contributed by atoms with Gasteiger partial charge in [-0.2, -0.15) is 5.10 Å². The van der Waals surface area contributed by atoms with E-state index in [-0.39, 0.29) is 5.91 Å². The first-order chi connectivity index (χ1) is 8.61. The van der Waals surface area contributed by atoms with Gasteiger partial charge in [-0.25, -0.2) is 0 Å². The fourth-order valence-corrected chi connectivity index (χ4v) is 1.96. The van der Waals surface area contributed by atoms with Crippen molar-refractivity contribution in [1.29, 1.82) is 0 Å². The van der Waals surface area contributed by atoms with Gasteiger partial charge in [-0.1, -0.05) is 25.1 Å². The topological polar surface area (TPSA) is 46.9 Å². The largest absolute Gasteiger partial charge is 0.320 e. The Bertz CT molecular complexity index is 572. The van der Waals surface area contributed by atoms with E-state index in [2.05, 4.69) is 17.3 Å². The third kappa shape index (κ3) is 2.42. The molecule has 94 valence electrons. The molecule has 0 saturated carbocycles. The van der Waals surface area contributed by atoms with Crippen molar-refractivity contribution >= 4 is 11.6 Å². The highest BCUT2D eigenvalue weighted by molar-refractivity contribution is 6.04. The van der Waals surface area contributed by atoms with E-state index in [1.54, 1.807) is 4.68 Å². The fourth-order valence-electron chi connectivity index (χ4n) is 1.96. The number of aryl methyl sites for hydroxylation is 3. The van der Waals surface area contributed by atoms with Gasteiger partial charge in [0, 0.05) is 24.5 Å². The Balaban J connectivity index is 2.24. The summed E-state index contributed by atoms with van der Waals surface area (Å²) in [6, 6.07) is 7.82. The molecular formula is C14H17N3O. The van der Waals surface area contributed by atoms with Gasteiger partial charge in [-0.15, -0.1) is 0 Å². The van der Waals surface area contributed by atoms with Crippen LogP contribution in [0.5, 0.6) is 0 Å². The van der Waals surface area contributed by atoms with Gasteiger partial charge in [-0.05, 0) is 25.0 Å². The van der Waals surface area contributed by atoms with Crippen molar-refractivity contribution in [2.75, 3.05) is 5.32 Å². The fraction of sp³-hybridized carbons (Fsp3) is 0.286. The molecule has 4 heteroatoms. The summed E-state index contributed by atoms with van der Waals surface area (Å²) in [4.78, 5) is 12.1. The average molecular weight is 243 g/mol. The molecule has 0 saturated heterocycles. The van der Waals surface area contributed by atoms with E-state index in [0.29, 0.717) is 5.69 Å². The molecule has 0 aliphatic heterocycles. The van der Waals surface area contributed by atoms with Crippen LogP contribution in [0.4, 0.5) is 5.69 Å². The highest BCUT2D eigenvalue weighted by Gasteiger charge is 2.14. The summed E-state index contributed by atoms with van der Waals surface area (Å²) >= 11 is 0. The first-order valence-corrected chi connectivity index (χ1v) is 6.01. The van der Waals surface area contributed by atoms with Crippen molar-refractivity contribution in [2.45, 2.75) is 20.3 Å². The Morgan fingerprint density at radius 1 is 1.39 bits per heavy atom. The Morgan fingerprint density at radius 2 is 2.11 bits per heavy atom. The van der Waals surface area contributed by atoms with Gasteiger partial charge in [0.1, 0.15) is 0 Å². The Labute approximate surface area is 107 Å². The molecule has 1 N–H and O–H groups in total. The molecule has 0 spiro atoms. The predicted molar refractivity (Wildman–Crippen MR) is 71.7 cm³/mol. The van der Waals surface area contributed by atoms with E-state index >= 15 is 0 Å². The predicted octanol–water partition coefficient (Wildman–Crippen LogP) is 2.54. The van der Waals surface area contributed by atoms with Gasteiger partial charge >= 0.3 is 0 Å². The first-order valence-electron chi connectivity index (χ1n) is 6.01. The third-order valence-corrected chi connectivity index (χ3v) is 2.87. The maximum absolute atomic E-state index is 12.1. The van der Waals surface area contributed by atoms with Crippen LogP contribution >= 0.6 is 0 Å². The van der Waals surface area contributed by atoms with Crippen LogP contribution in [0.3, 0.4) is 0 Å². The van der Waals surface area contributed by atoms with Crippen LogP contribution in [0.25, 0.3) is 0 Å². The van der Waals surface area contributed by atoms with Crippen molar-refractivity contribution in [3.8, 4) is 0 Å². The van der Waals surface area contributed by atoms with E-state index < -0.39 is 0 Å². The van der Waals surface area contributed by atoms with Crippen LogP contribution in [-0.2, 0) is 13.5 Å². The minimum absolute atomic E-state index is 0.158. The summed E-state index contributed by atoms with van der Waals surface area (Å²) in [5, 5.41) is 7.08. The number of benzene rings is 1. The molecule has 2 aromatic rings. The lowest BCUT2D eigenvalue weighted by Gasteiger charge is -2.08. The number of aromatic nitrogens is 2. The minimum Gasteiger partial charge on any atom is -0.320 e. The van der Waals surface area contributed by atoms with Crippen molar-refractivity contribution in [3.05, 3.63) is 47.3 Å². The van der Waals surface area contributed by atoms with Gasteiger partial charge in [0.15, 0.2) is 5.69 Å². The van der Waals surface area contributed by atoms with Crippen LogP contribution in [0, 0.1) is 6.92 Å². The minimum atomic E-state index is -0.158. The summed E-state index contributed by atoms with van der Waals surface area (Å²) < 4.78 is 1.65. The Kier molecular flexibility index (Phi) is 3.46. The SMILES string of the molecule is CCc1ccccc1NC(=O)c1nn(C)cc1C. The molecule has 2 rings (SSSR count). The maximum Gasteiger partial charge on any atom is 0.276 e. The number of nitrogens with one attached hydrogen (secondary N) is 1. The molecular weight excluding hydrogens is 226 g/mol. The standard InChI is InChI=1S/C14H17N3O/c1-4-11-7-5-6-8-12(11)15-14(18)13-10(2)9-17(3)16-13/h5-9H,4H2,1-3H3,(H,15,18). The van der Waals surface area contributed by atoms with Gasteiger partial charge in [0.2, 0.25) is 0 Å². The summed E-state index contributed by atoms with van der Waals surface area (Å²) in [7, 11) is 1.81. The highest BCUT2D eigenvalue weighted by atomic mass is 16.2. The van der Waals surface area contributed by atoms with E-state index in [9.17, 15) is 4.79 Å². The number of hydrogen-bond acceptors (Lipinski definition) is 2. The number of anilines is 1. The molecule has 1 amide bonds. The van der Waals surface area contributed by atoms with Crippen molar-refractivity contribution < 1.29 is 4.79 Å². The van der Waals surface area contributed by atoms with E-state index in [1.807, 2.05) is 44.4 Å². The van der Waals surface area contributed by atoms with Crippen molar-refractivity contribution in [3.63, 3.8) is 0 Å². The molecule has 0 radical (unpaired) electrons. The van der Waals surface area contributed by atoms with E-state index in [1.165, 1.54) is 0 Å². The lowest BCUT2D eigenvalue weighted by molar-refractivity contribution is 0.102. The zero-order valence-electron chi connectivity index (χ0n) is 10.9. The van der Waals surface area contributed by atoms with Crippen LogP contribution in [0.15, 0.2) is 30.5 Å². The molecule has 1 aromatic heterocycles. The van der Waals surface area contributed by atoms with Gasteiger partial charge in [0.05, 0.1) is 0 Å². The molecule has 0 aliphatic rings. The molecule has 4 nitrogen and oxygen atoms in total. The number of carbonyl (C=O) groups is 1. The third-order valence-electron chi connectivity index (χ3n) is 2.87. The summed E-state index contributed by atoms with van der Waals surface area (Å²) in [6.45, 7) is 3.95. The molecule has 0 unspecified atom stereocenters. The molecule has 0 bridgehead atoms. The highest BCUT2D eigenvalue weighted by Crippen LogP contribution is 2.17. The van der Waals surface area contributed by atoms with Gasteiger partial charge in [0.25, 0.3) is 5.91 Å². The second-order valence-electron chi connectivity index (χ2n) is 4.30. The van der Waals surface area contributed by atoms with Crippen molar-refractivity contribution in [2.24, 2.45) is 7.05 Å². The number of para-hydroxylation sites is 1. The number of rotatable bonds is 3. The molecule has 0 atom stereocenters. The van der Waals surface area contributed by atoms with Crippen LogP contribution in [0.1, 0.15) is 28.5 Å². The molecule has 0 aliphatic carbocycles. The van der Waals surface area contributed by atoms with Crippen molar-refractivity contribution in [1.82, 2.24) is 9.78 Å². The lowest BCUT2D eigenvalue weighted by atomic mass is 10.1. The molecule has 1 heterocycles. The van der Waals surface area contributed by atoms with Crippen LogP contribution in [0.2, 0.25) is 0 Å². The second-order valence-corrected chi connectivity index (χ2v) is 4.30. The molecule has 0 fully saturated rings. The number of nitrogens with zero attached hydrogens (tertiary/aromatic N) is 2. The average Bonchev–Trinajstić information content (AvgIpc) is 2.69. The summed E-state index contributed by atoms with van der Waals surface area (Å²) in [6.07, 6.45) is 2.72. The second kappa shape index (κ2) is 5.04. The van der Waals surface area contributed by atoms with E-state index in [0.717, 1.165) is 23.2 Å². The lowest BCUT2D eigenvalue weighted by Crippen LogP contribution is -2.15. The molecule has 1 aromatic carbocycles. The number of amides is 1. The smallest absolute Gasteiger partial charge is 0.276 e.